The molecule has 1 aromatic carbocycles. The second kappa shape index (κ2) is 2.88. The van der Waals surface area contributed by atoms with Crippen LogP contribution in [0.25, 0.3) is 10.9 Å². The van der Waals surface area contributed by atoms with Crippen LogP contribution in [0, 0.1) is 0 Å². The van der Waals surface area contributed by atoms with Crippen molar-refractivity contribution in [3.63, 3.8) is 0 Å². The zero-order chi connectivity index (χ0) is 8.55. The lowest BCUT2D eigenvalue weighted by Gasteiger charge is -2.01. The van der Waals surface area contributed by atoms with E-state index in [-0.39, 0.29) is 0 Å². The summed E-state index contributed by atoms with van der Waals surface area (Å²) in [6.07, 6.45) is 1.79. The number of benzene rings is 1. The van der Waals surface area contributed by atoms with Gasteiger partial charge in [0, 0.05) is 16.4 Å². The number of rotatable bonds is 1. The maximum absolute atomic E-state index is 5.60. The molecule has 12 heavy (non-hydrogen) atoms. The van der Waals surface area contributed by atoms with Crippen molar-refractivity contribution in [3.8, 4) is 0 Å². The van der Waals surface area contributed by atoms with Crippen molar-refractivity contribution in [2.45, 2.75) is 6.54 Å². The largest absolute Gasteiger partial charge is 0.326 e. The van der Waals surface area contributed by atoms with Gasteiger partial charge in [0.15, 0.2) is 0 Å². The van der Waals surface area contributed by atoms with Crippen molar-refractivity contribution < 1.29 is 0 Å². The van der Waals surface area contributed by atoms with Crippen LogP contribution in [0.3, 0.4) is 0 Å². The smallest absolute Gasteiger partial charge is 0.0654 e. The second-order valence-electron chi connectivity index (χ2n) is 2.56. The lowest BCUT2D eigenvalue weighted by Crippen LogP contribution is -1.97. The summed E-state index contributed by atoms with van der Waals surface area (Å²) in [6.45, 7) is 0.525. The van der Waals surface area contributed by atoms with Crippen molar-refractivity contribution in [3.05, 3.63) is 28.4 Å². The number of nitrogens with one attached hydrogen (secondary N) is 1. The molecule has 0 saturated carbocycles. The van der Waals surface area contributed by atoms with Gasteiger partial charge in [-0.15, -0.1) is 0 Å². The Bertz CT molecular complexity index is 408. The predicted molar refractivity (Wildman–Crippen MR) is 51.7 cm³/mol. The van der Waals surface area contributed by atoms with Gasteiger partial charge in [0.2, 0.25) is 0 Å². The molecule has 0 bridgehead atoms. The van der Waals surface area contributed by atoms with E-state index in [1.54, 1.807) is 6.20 Å². The van der Waals surface area contributed by atoms with Gasteiger partial charge < -0.3 is 5.73 Å². The summed E-state index contributed by atoms with van der Waals surface area (Å²) in [7, 11) is 0. The molecule has 0 fully saturated rings. The van der Waals surface area contributed by atoms with E-state index in [9.17, 15) is 0 Å². The quantitative estimate of drug-likeness (QED) is 0.778. The van der Waals surface area contributed by atoms with E-state index < -0.39 is 0 Å². The predicted octanol–water partition coefficient (Wildman–Crippen LogP) is 1.78. The van der Waals surface area contributed by atoms with Crippen molar-refractivity contribution in [1.29, 1.82) is 0 Å². The minimum atomic E-state index is 0.525. The van der Waals surface area contributed by atoms with Gasteiger partial charge in [0.05, 0.1) is 11.7 Å². The van der Waals surface area contributed by atoms with Gasteiger partial charge in [-0.3, -0.25) is 5.10 Å². The normalized spacial score (nSPS) is 10.8. The van der Waals surface area contributed by atoms with Crippen LogP contribution in [0.5, 0.6) is 0 Å². The minimum absolute atomic E-state index is 0.525. The molecular weight excluding hydrogens is 218 g/mol. The molecule has 0 atom stereocenters. The first-order chi connectivity index (χ1) is 5.83. The molecule has 62 valence electrons. The van der Waals surface area contributed by atoms with E-state index in [2.05, 4.69) is 26.1 Å². The monoisotopic (exact) mass is 225 g/mol. The molecule has 3 nitrogen and oxygen atoms in total. The highest BCUT2D eigenvalue weighted by atomic mass is 79.9. The Morgan fingerprint density at radius 1 is 1.50 bits per heavy atom. The van der Waals surface area contributed by atoms with Gasteiger partial charge in [-0.2, -0.15) is 5.10 Å². The number of halogens is 1. The number of nitrogens with two attached hydrogens (primary N) is 1. The molecule has 0 aliphatic rings. The maximum Gasteiger partial charge on any atom is 0.0654 e. The Labute approximate surface area is 78.1 Å². The topological polar surface area (TPSA) is 54.7 Å². The van der Waals surface area contributed by atoms with Crippen LogP contribution in [0.4, 0.5) is 0 Å². The number of aromatic nitrogens is 2. The van der Waals surface area contributed by atoms with Crippen LogP contribution < -0.4 is 5.73 Å². The first-order valence-electron chi connectivity index (χ1n) is 3.63. The zero-order valence-electron chi connectivity index (χ0n) is 6.34. The average Bonchev–Trinajstić information content (AvgIpc) is 2.52. The van der Waals surface area contributed by atoms with Gasteiger partial charge in [-0.25, -0.2) is 0 Å². The molecule has 0 aliphatic heterocycles. The average molecular weight is 226 g/mol. The van der Waals surface area contributed by atoms with E-state index in [0.717, 1.165) is 20.9 Å². The van der Waals surface area contributed by atoms with Gasteiger partial charge in [-0.1, -0.05) is 15.9 Å². The molecule has 2 aromatic rings. The molecule has 0 unspecified atom stereocenters. The fourth-order valence-electron chi connectivity index (χ4n) is 1.26. The lowest BCUT2D eigenvalue weighted by molar-refractivity contribution is 1.08. The highest BCUT2D eigenvalue weighted by Gasteiger charge is 2.04. The summed E-state index contributed by atoms with van der Waals surface area (Å²) in [5.41, 5.74) is 7.73. The van der Waals surface area contributed by atoms with E-state index in [1.165, 1.54) is 0 Å². The van der Waals surface area contributed by atoms with Crippen molar-refractivity contribution in [2.75, 3.05) is 0 Å². The second-order valence-corrected chi connectivity index (χ2v) is 3.42. The molecule has 4 heteroatoms. The minimum Gasteiger partial charge on any atom is -0.326 e. The Hall–Kier alpha value is -0.870. The van der Waals surface area contributed by atoms with Crippen LogP contribution in [0.1, 0.15) is 5.56 Å². The molecule has 1 aromatic heterocycles. The molecule has 0 radical (unpaired) electrons. The summed E-state index contributed by atoms with van der Waals surface area (Å²) < 4.78 is 1.04. The highest BCUT2D eigenvalue weighted by Crippen LogP contribution is 2.24. The first-order valence-corrected chi connectivity index (χ1v) is 4.42. The lowest BCUT2D eigenvalue weighted by atomic mass is 10.1. The van der Waals surface area contributed by atoms with Crippen molar-refractivity contribution >= 4 is 26.8 Å². The molecule has 1 heterocycles. The number of hydrogen-bond donors (Lipinski definition) is 2. The third-order valence-corrected chi connectivity index (χ3v) is 2.63. The zero-order valence-corrected chi connectivity index (χ0v) is 7.93. The van der Waals surface area contributed by atoms with Gasteiger partial charge in [0.25, 0.3) is 0 Å². The molecule has 0 amide bonds. The van der Waals surface area contributed by atoms with Gasteiger partial charge >= 0.3 is 0 Å². The number of hydrogen-bond acceptors (Lipinski definition) is 2. The number of fused-ring (bicyclic) bond motifs is 1. The molecule has 2 rings (SSSR count). The van der Waals surface area contributed by atoms with E-state index in [1.807, 2.05) is 12.1 Å². The Balaban J connectivity index is 2.83. The van der Waals surface area contributed by atoms with Crippen LogP contribution in [0.15, 0.2) is 22.8 Å². The SMILES string of the molecule is NCc1c(Br)ccc2[nH]ncc12. The van der Waals surface area contributed by atoms with Crippen molar-refractivity contribution in [2.24, 2.45) is 5.73 Å². The third-order valence-electron chi connectivity index (χ3n) is 1.88. The van der Waals surface area contributed by atoms with Crippen LogP contribution >= 0.6 is 15.9 Å². The van der Waals surface area contributed by atoms with Gasteiger partial charge in [-0.05, 0) is 17.7 Å². The third kappa shape index (κ3) is 1.04. The number of aromatic amines is 1. The number of H-pyrrole nitrogens is 1. The van der Waals surface area contributed by atoms with E-state index in [0.29, 0.717) is 6.54 Å². The molecular formula is C8H8BrN3. The molecule has 0 saturated heterocycles. The summed E-state index contributed by atoms with van der Waals surface area (Å²) in [5.74, 6) is 0. The first kappa shape index (κ1) is 7.76. The number of nitrogens with zero attached hydrogens (tertiary/aromatic N) is 1. The van der Waals surface area contributed by atoms with E-state index in [4.69, 9.17) is 5.73 Å². The summed E-state index contributed by atoms with van der Waals surface area (Å²) in [5, 5.41) is 7.93. The summed E-state index contributed by atoms with van der Waals surface area (Å²) in [4.78, 5) is 0. The van der Waals surface area contributed by atoms with E-state index >= 15 is 0 Å². The van der Waals surface area contributed by atoms with Crippen LogP contribution in [0.2, 0.25) is 0 Å². The Kier molecular flexibility index (Phi) is 1.86. The van der Waals surface area contributed by atoms with Crippen LogP contribution in [-0.2, 0) is 6.54 Å². The fraction of sp³-hybridized carbons (Fsp3) is 0.125. The fourth-order valence-corrected chi connectivity index (χ4v) is 1.76. The Morgan fingerprint density at radius 2 is 2.33 bits per heavy atom. The summed E-state index contributed by atoms with van der Waals surface area (Å²) in [6, 6.07) is 3.95. The summed E-state index contributed by atoms with van der Waals surface area (Å²) >= 11 is 3.44. The van der Waals surface area contributed by atoms with Gasteiger partial charge in [0.1, 0.15) is 0 Å². The molecule has 0 aliphatic carbocycles. The van der Waals surface area contributed by atoms with Crippen LogP contribution in [-0.4, -0.2) is 10.2 Å². The standard InChI is InChI=1S/C8H8BrN3/c9-7-1-2-8-6(4-11-12-8)5(7)3-10/h1-2,4H,3,10H2,(H,11,12). The highest BCUT2D eigenvalue weighted by molar-refractivity contribution is 9.10. The van der Waals surface area contributed by atoms with Crippen molar-refractivity contribution in [1.82, 2.24) is 10.2 Å². The molecule has 3 N–H and O–H groups in total. The Morgan fingerprint density at radius 3 is 3.08 bits per heavy atom. The maximum atomic E-state index is 5.60. The molecule has 0 spiro atoms.